The monoisotopic (exact) mass is 681 g/mol. The highest BCUT2D eigenvalue weighted by atomic mass is 16.5. The van der Waals surface area contributed by atoms with Gasteiger partial charge in [-0.3, -0.25) is 19.2 Å². The number of urea groups is 1. The Bertz CT molecular complexity index is 1440. The Hall–Kier alpha value is -3.96. The Kier molecular flexibility index (Phi) is 10.9. The van der Waals surface area contributed by atoms with Gasteiger partial charge in [-0.05, 0) is 52.9 Å². The Morgan fingerprint density at radius 2 is 1.49 bits per heavy atom. The van der Waals surface area contributed by atoms with E-state index in [2.05, 4.69) is 16.0 Å². The van der Waals surface area contributed by atoms with Crippen LogP contribution in [0.1, 0.15) is 99.7 Å². The number of amides is 5. The van der Waals surface area contributed by atoms with Crippen LogP contribution in [0.3, 0.4) is 0 Å². The number of fused-ring (bicyclic) bond motifs is 1. The smallest absolute Gasteiger partial charge is 0.329 e. The van der Waals surface area contributed by atoms with Gasteiger partial charge in [0, 0.05) is 6.54 Å². The maximum atomic E-state index is 14.4. The number of nitrogens with zero attached hydrogens (tertiary/aromatic N) is 1. The molecule has 12 nitrogen and oxygen atoms in total. The van der Waals surface area contributed by atoms with Crippen LogP contribution in [0.15, 0.2) is 30.3 Å². The van der Waals surface area contributed by atoms with Crippen molar-refractivity contribution in [3.05, 3.63) is 35.9 Å². The lowest BCUT2D eigenvalue weighted by atomic mass is 9.80. The summed E-state index contributed by atoms with van der Waals surface area (Å²) in [5, 5.41) is 8.34. The predicted molar refractivity (Wildman–Crippen MR) is 183 cm³/mol. The summed E-state index contributed by atoms with van der Waals surface area (Å²) in [6.45, 7) is 17.0. The molecule has 49 heavy (non-hydrogen) atoms. The molecule has 0 aromatic heterocycles. The lowest BCUT2D eigenvalue weighted by Crippen LogP contribution is -2.62. The van der Waals surface area contributed by atoms with Crippen LogP contribution in [-0.2, 0) is 28.7 Å². The molecule has 1 aromatic rings. The molecule has 2 aliphatic carbocycles. The fourth-order valence-corrected chi connectivity index (χ4v) is 7.32. The molecule has 1 aliphatic heterocycles. The molecule has 12 heteroatoms. The first kappa shape index (κ1) is 37.9. The molecule has 5 amide bonds. The van der Waals surface area contributed by atoms with Gasteiger partial charge in [0.15, 0.2) is 0 Å². The van der Waals surface area contributed by atoms with Crippen molar-refractivity contribution >= 4 is 35.5 Å². The molecule has 0 bridgehead atoms. The third-order valence-electron chi connectivity index (χ3n) is 10.8. The lowest BCUT2D eigenvalue weighted by Gasteiger charge is -2.38. The summed E-state index contributed by atoms with van der Waals surface area (Å²) in [6.07, 6.45) is 2.61. The second-order valence-electron chi connectivity index (χ2n) is 16.9. The van der Waals surface area contributed by atoms with Crippen LogP contribution in [0.25, 0.3) is 0 Å². The van der Waals surface area contributed by atoms with Gasteiger partial charge in [-0.15, -0.1) is 0 Å². The number of carbonyl (C=O) groups excluding carboxylic acids is 6. The molecule has 0 spiro atoms. The number of piperidine rings is 1. The Morgan fingerprint density at radius 1 is 0.918 bits per heavy atom. The maximum absolute atomic E-state index is 14.4. The van der Waals surface area contributed by atoms with Crippen LogP contribution in [0.5, 0.6) is 0 Å². The summed E-state index contributed by atoms with van der Waals surface area (Å²) < 4.78 is 5.75. The number of benzene rings is 1. The molecule has 1 saturated heterocycles. The first-order valence-corrected chi connectivity index (χ1v) is 17.4. The predicted octanol–water partition coefficient (Wildman–Crippen LogP) is 3.63. The van der Waals surface area contributed by atoms with E-state index in [1.807, 2.05) is 85.7 Å². The third-order valence-corrected chi connectivity index (χ3v) is 10.8. The number of hydrogen-bond acceptors (Lipinski definition) is 7. The van der Waals surface area contributed by atoms with Gasteiger partial charge in [0.1, 0.15) is 24.2 Å². The molecule has 0 radical (unpaired) electrons. The van der Waals surface area contributed by atoms with Crippen LogP contribution < -0.4 is 21.7 Å². The first-order valence-electron chi connectivity index (χ1n) is 17.4. The average molecular weight is 682 g/mol. The quantitative estimate of drug-likeness (QED) is 0.192. The van der Waals surface area contributed by atoms with E-state index in [1.54, 1.807) is 6.92 Å². The number of esters is 1. The van der Waals surface area contributed by atoms with Crippen LogP contribution in [0.2, 0.25) is 0 Å². The number of hydrogen-bond donors (Lipinski definition) is 4. The highest BCUT2D eigenvalue weighted by Gasteiger charge is 2.70. The van der Waals surface area contributed by atoms with Crippen molar-refractivity contribution in [1.29, 1.82) is 0 Å². The van der Waals surface area contributed by atoms with Gasteiger partial charge in [-0.2, -0.15) is 0 Å². The number of nitrogens with two attached hydrogens (primary N) is 1. The zero-order chi connectivity index (χ0) is 36.6. The summed E-state index contributed by atoms with van der Waals surface area (Å²) in [4.78, 5) is 81.4. The SMILES string of the molecule is C[C@H](OC(=O)[C@@H](NC(=O)N[C@H](C(=O)N1C[C@H]2[C@@H]([C@H]1C(=O)NC(CC1CCC1)C(=O)C(N)=O)C2(C)C)C(C)(C)C)C(C)(C)C)c1ccccc1. The van der Waals surface area contributed by atoms with Crippen LogP contribution in [0.4, 0.5) is 4.79 Å². The van der Waals surface area contributed by atoms with Crippen molar-refractivity contribution < 1.29 is 33.5 Å². The summed E-state index contributed by atoms with van der Waals surface area (Å²) in [7, 11) is 0. The minimum atomic E-state index is -1.11. The molecule has 3 fully saturated rings. The highest BCUT2D eigenvalue weighted by molar-refractivity contribution is 6.37. The van der Waals surface area contributed by atoms with E-state index < -0.39 is 76.6 Å². The summed E-state index contributed by atoms with van der Waals surface area (Å²) in [5.74, 6) is -3.43. The van der Waals surface area contributed by atoms with Gasteiger partial charge in [0.25, 0.3) is 5.91 Å². The largest absolute Gasteiger partial charge is 0.456 e. The van der Waals surface area contributed by atoms with E-state index in [-0.39, 0.29) is 23.2 Å². The molecular formula is C37H55N5O7. The number of ketones is 1. The van der Waals surface area contributed by atoms with E-state index in [0.717, 1.165) is 24.8 Å². The number of carbonyl (C=O) groups is 6. The number of primary amides is 1. The number of likely N-dealkylation sites (tertiary alicyclic amines) is 1. The van der Waals surface area contributed by atoms with Crippen LogP contribution in [-0.4, -0.2) is 71.1 Å². The van der Waals surface area contributed by atoms with Gasteiger partial charge in [0.2, 0.25) is 17.6 Å². The highest BCUT2D eigenvalue weighted by Crippen LogP contribution is 2.65. The molecule has 7 atom stereocenters. The van der Waals surface area contributed by atoms with Gasteiger partial charge in [-0.1, -0.05) is 105 Å². The zero-order valence-corrected chi connectivity index (χ0v) is 30.4. The Labute approximate surface area is 290 Å². The normalized spacial score (nSPS) is 23.9. The summed E-state index contributed by atoms with van der Waals surface area (Å²) in [5.41, 5.74) is 4.42. The van der Waals surface area contributed by atoms with Gasteiger partial charge in [0.05, 0.1) is 6.04 Å². The van der Waals surface area contributed by atoms with Crippen molar-refractivity contribution in [3.63, 3.8) is 0 Å². The fourth-order valence-electron chi connectivity index (χ4n) is 7.32. The first-order chi connectivity index (χ1) is 22.6. The summed E-state index contributed by atoms with van der Waals surface area (Å²) in [6, 6.07) is 4.48. The third kappa shape index (κ3) is 8.44. The zero-order valence-electron chi connectivity index (χ0n) is 30.4. The Morgan fingerprint density at radius 3 is 2.00 bits per heavy atom. The number of rotatable bonds is 12. The topological polar surface area (TPSA) is 177 Å². The molecule has 3 aliphatic rings. The van der Waals surface area contributed by atoms with Crippen molar-refractivity contribution in [1.82, 2.24) is 20.9 Å². The minimum absolute atomic E-state index is 0.0465. The number of ether oxygens (including phenoxy) is 1. The fraction of sp³-hybridized carbons (Fsp3) is 0.676. The van der Waals surface area contributed by atoms with Crippen molar-refractivity contribution in [2.24, 2.45) is 39.7 Å². The lowest BCUT2D eigenvalue weighted by molar-refractivity contribution is -0.153. The summed E-state index contributed by atoms with van der Waals surface area (Å²) >= 11 is 0. The number of Topliss-reactive ketones (excluding diaryl/α,β-unsaturated/α-hetero) is 1. The van der Waals surface area contributed by atoms with Crippen molar-refractivity contribution in [2.75, 3.05) is 6.54 Å². The van der Waals surface area contributed by atoms with Gasteiger partial charge >= 0.3 is 12.0 Å². The molecular weight excluding hydrogens is 626 g/mol. The second kappa shape index (κ2) is 14.1. The van der Waals surface area contributed by atoms with Gasteiger partial charge < -0.3 is 31.3 Å². The molecule has 1 aromatic carbocycles. The van der Waals surface area contributed by atoms with Crippen LogP contribution >= 0.6 is 0 Å². The second-order valence-corrected chi connectivity index (χ2v) is 16.9. The molecule has 1 unspecified atom stereocenters. The number of nitrogens with one attached hydrogen (secondary N) is 3. The van der Waals surface area contributed by atoms with E-state index in [9.17, 15) is 28.8 Å². The molecule has 4 rings (SSSR count). The van der Waals surface area contributed by atoms with E-state index in [0.29, 0.717) is 13.0 Å². The van der Waals surface area contributed by atoms with Crippen LogP contribution in [0, 0.1) is 34.0 Å². The van der Waals surface area contributed by atoms with E-state index in [1.165, 1.54) is 4.90 Å². The van der Waals surface area contributed by atoms with E-state index in [4.69, 9.17) is 10.5 Å². The standard InChI is InChI=1S/C37H55N5O7/c1-20(22-16-11-10-12-17-22)49-33(47)29(36(5,6)7)41-34(48)40-28(35(2,3)4)32(46)42-19-23-25(37(23,8)9)26(42)31(45)39-24(27(43)30(38)44)18-21-14-13-15-21/h10-12,16-17,20-21,23-26,28-29H,13-15,18-19H2,1-9H3,(H2,38,44)(H,39,45)(H2,40,41,48)/t20-,23-,24?,25-,26-,28+,29+/m0/s1. The molecule has 5 N–H and O–H groups in total. The molecule has 270 valence electrons. The van der Waals surface area contributed by atoms with Crippen molar-refractivity contribution in [2.45, 2.75) is 118 Å². The van der Waals surface area contributed by atoms with E-state index >= 15 is 0 Å². The van der Waals surface area contributed by atoms with Crippen molar-refractivity contribution in [3.8, 4) is 0 Å². The Balaban J connectivity index is 1.51. The minimum Gasteiger partial charge on any atom is -0.456 e. The molecule has 1 heterocycles. The van der Waals surface area contributed by atoms with Gasteiger partial charge in [-0.25, -0.2) is 9.59 Å². The molecule has 2 saturated carbocycles. The average Bonchev–Trinajstić information content (AvgIpc) is 3.30. The maximum Gasteiger partial charge on any atom is 0.329 e.